The monoisotopic (exact) mass is 465 g/mol. The van der Waals surface area contributed by atoms with Gasteiger partial charge in [-0.1, -0.05) is 18.2 Å². The molecule has 1 aliphatic heterocycles. The topological polar surface area (TPSA) is 94.4 Å². The molecule has 33 heavy (non-hydrogen) atoms. The van der Waals surface area contributed by atoms with E-state index in [4.69, 9.17) is 14.2 Å². The van der Waals surface area contributed by atoms with Gasteiger partial charge in [-0.05, 0) is 32.9 Å². The van der Waals surface area contributed by atoms with Crippen molar-refractivity contribution in [2.24, 2.45) is 0 Å². The Kier molecular flexibility index (Phi) is 7.01. The van der Waals surface area contributed by atoms with Gasteiger partial charge < -0.3 is 19.1 Å². The average Bonchev–Trinajstić information content (AvgIpc) is 2.75. The van der Waals surface area contributed by atoms with Crippen molar-refractivity contribution < 1.29 is 32.7 Å². The fourth-order valence-electron chi connectivity index (χ4n) is 3.40. The van der Waals surface area contributed by atoms with E-state index in [0.717, 1.165) is 0 Å². The summed E-state index contributed by atoms with van der Waals surface area (Å²) in [7, 11) is 1.35. The normalized spacial score (nSPS) is 16.5. The quantitative estimate of drug-likeness (QED) is 0.467. The SMILES string of the molecule is CO[C@H]1CN(c2c([N+](=O)[O-])cc(F)c(Oc3ccccc3)c2F)CCN1C(=O)OC(C)(C)C. The largest absolute Gasteiger partial charge is 0.451 e. The number of methoxy groups -OCH3 is 1. The van der Waals surface area contributed by atoms with E-state index < -0.39 is 51.6 Å². The Morgan fingerprint density at radius 2 is 1.85 bits per heavy atom. The smallest absolute Gasteiger partial charge is 0.412 e. The summed E-state index contributed by atoms with van der Waals surface area (Å²) < 4.78 is 46.2. The molecule has 0 aliphatic carbocycles. The van der Waals surface area contributed by atoms with Crippen molar-refractivity contribution in [2.75, 3.05) is 31.6 Å². The molecule has 1 amide bonds. The van der Waals surface area contributed by atoms with E-state index in [1.54, 1.807) is 39.0 Å². The molecule has 1 heterocycles. The second-order valence-corrected chi connectivity index (χ2v) is 8.35. The number of halogens is 2. The summed E-state index contributed by atoms with van der Waals surface area (Å²) in [5, 5.41) is 11.6. The van der Waals surface area contributed by atoms with E-state index in [9.17, 15) is 19.3 Å². The Bertz CT molecular complexity index is 1030. The van der Waals surface area contributed by atoms with Gasteiger partial charge in [-0.25, -0.2) is 13.6 Å². The van der Waals surface area contributed by atoms with Gasteiger partial charge >= 0.3 is 6.09 Å². The maximum absolute atomic E-state index is 15.5. The molecule has 0 spiro atoms. The molecule has 1 atom stereocenters. The number of nitrogens with zero attached hydrogens (tertiary/aromatic N) is 3. The second-order valence-electron chi connectivity index (χ2n) is 8.35. The van der Waals surface area contributed by atoms with E-state index in [0.29, 0.717) is 6.07 Å². The van der Waals surface area contributed by atoms with Crippen LogP contribution in [0.5, 0.6) is 11.5 Å². The highest BCUT2D eigenvalue weighted by Gasteiger charge is 2.38. The predicted molar refractivity (Wildman–Crippen MR) is 115 cm³/mol. The molecular formula is C22H25F2N3O6. The zero-order chi connectivity index (χ0) is 24.3. The third-order valence-electron chi connectivity index (χ3n) is 4.84. The van der Waals surface area contributed by atoms with E-state index in [1.165, 1.54) is 29.0 Å². The van der Waals surface area contributed by atoms with Gasteiger partial charge in [0.05, 0.1) is 17.5 Å². The fourth-order valence-corrected chi connectivity index (χ4v) is 3.40. The van der Waals surface area contributed by atoms with Crippen molar-refractivity contribution in [1.82, 2.24) is 4.90 Å². The predicted octanol–water partition coefficient (Wildman–Crippen LogP) is 4.69. The summed E-state index contributed by atoms with van der Waals surface area (Å²) in [6.07, 6.45) is -1.51. The fraction of sp³-hybridized carbons (Fsp3) is 0.409. The van der Waals surface area contributed by atoms with Crippen LogP contribution in [0, 0.1) is 21.7 Å². The standard InChI is InChI=1S/C22H25F2N3O6/c1-22(2,3)33-21(28)26-11-10-25(13-17(26)31-4)19-16(27(29)30)12-15(23)20(18(19)24)32-14-8-6-5-7-9-14/h5-9,12,17H,10-11,13H2,1-4H3/t17-/m0/s1. The van der Waals surface area contributed by atoms with Gasteiger partial charge in [-0.2, -0.15) is 0 Å². The van der Waals surface area contributed by atoms with Crippen molar-refractivity contribution in [2.45, 2.75) is 32.6 Å². The minimum atomic E-state index is -1.22. The Morgan fingerprint density at radius 1 is 1.18 bits per heavy atom. The molecular weight excluding hydrogens is 440 g/mol. The molecule has 11 heteroatoms. The number of benzene rings is 2. The maximum Gasteiger partial charge on any atom is 0.412 e. The first-order chi connectivity index (χ1) is 15.5. The molecule has 1 aliphatic rings. The molecule has 178 valence electrons. The molecule has 0 radical (unpaired) electrons. The van der Waals surface area contributed by atoms with Crippen molar-refractivity contribution in [3.05, 3.63) is 58.1 Å². The number of piperazine rings is 1. The molecule has 0 unspecified atom stereocenters. The summed E-state index contributed by atoms with van der Waals surface area (Å²) >= 11 is 0. The van der Waals surface area contributed by atoms with Crippen molar-refractivity contribution >= 4 is 17.5 Å². The van der Waals surface area contributed by atoms with E-state index in [-0.39, 0.29) is 25.4 Å². The molecule has 0 saturated carbocycles. The molecule has 1 fully saturated rings. The number of ether oxygens (including phenoxy) is 3. The molecule has 0 aromatic heterocycles. The second kappa shape index (κ2) is 9.57. The lowest BCUT2D eigenvalue weighted by molar-refractivity contribution is -0.384. The first kappa shape index (κ1) is 24.2. The summed E-state index contributed by atoms with van der Waals surface area (Å²) in [6, 6.07) is 8.57. The van der Waals surface area contributed by atoms with Crippen LogP contribution in [0.3, 0.4) is 0 Å². The van der Waals surface area contributed by atoms with Crippen LogP contribution in [0.25, 0.3) is 0 Å². The summed E-state index contributed by atoms with van der Waals surface area (Å²) in [4.78, 5) is 25.9. The molecule has 9 nitrogen and oxygen atoms in total. The highest BCUT2D eigenvalue weighted by Crippen LogP contribution is 2.41. The Labute approximate surface area is 189 Å². The van der Waals surface area contributed by atoms with Crippen LogP contribution >= 0.6 is 0 Å². The first-order valence-electron chi connectivity index (χ1n) is 10.2. The summed E-state index contributed by atoms with van der Waals surface area (Å²) in [6.45, 7) is 5.10. The minimum absolute atomic E-state index is 0.0211. The lowest BCUT2D eigenvalue weighted by atomic mass is 10.1. The number of anilines is 1. The highest BCUT2D eigenvalue weighted by atomic mass is 19.1. The van der Waals surface area contributed by atoms with E-state index >= 15 is 4.39 Å². The van der Waals surface area contributed by atoms with Crippen LogP contribution in [-0.2, 0) is 9.47 Å². The van der Waals surface area contributed by atoms with Crippen LogP contribution in [0.4, 0.5) is 25.0 Å². The van der Waals surface area contributed by atoms with Gasteiger partial charge in [-0.15, -0.1) is 0 Å². The number of carbonyl (C=O) groups excluding carboxylic acids is 1. The van der Waals surface area contributed by atoms with Crippen LogP contribution < -0.4 is 9.64 Å². The van der Waals surface area contributed by atoms with Crippen LogP contribution in [0.15, 0.2) is 36.4 Å². The molecule has 2 aromatic rings. The number of nitro groups is 1. The number of hydrogen-bond acceptors (Lipinski definition) is 7. The van der Waals surface area contributed by atoms with E-state index in [1.807, 2.05) is 0 Å². The summed E-state index contributed by atoms with van der Waals surface area (Å²) in [5.74, 6) is -3.02. The number of hydrogen-bond donors (Lipinski definition) is 0. The van der Waals surface area contributed by atoms with Crippen molar-refractivity contribution in [3.8, 4) is 11.5 Å². The molecule has 0 N–H and O–H groups in total. The summed E-state index contributed by atoms with van der Waals surface area (Å²) in [5.41, 5.74) is -1.94. The van der Waals surface area contributed by atoms with Gasteiger partial charge in [0.2, 0.25) is 5.75 Å². The van der Waals surface area contributed by atoms with Crippen LogP contribution in [0.1, 0.15) is 20.8 Å². The Balaban J connectivity index is 1.95. The first-order valence-corrected chi connectivity index (χ1v) is 10.2. The van der Waals surface area contributed by atoms with Gasteiger partial charge in [-0.3, -0.25) is 15.0 Å². The van der Waals surface area contributed by atoms with Gasteiger partial charge in [0.15, 0.2) is 23.5 Å². The molecule has 3 rings (SSSR count). The highest BCUT2D eigenvalue weighted by molar-refractivity contribution is 5.71. The third kappa shape index (κ3) is 5.48. The lowest BCUT2D eigenvalue weighted by Crippen LogP contribution is -2.57. The molecule has 2 aromatic carbocycles. The minimum Gasteiger partial charge on any atom is -0.451 e. The lowest BCUT2D eigenvalue weighted by Gasteiger charge is -2.41. The zero-order valence-electron chi connectivity index (χ0n) is 18.7. The maximum atomic E-state index is 15.5. The molecule has 1 saturated heterocycles. The Hall–Kier alpha value is -3.47. The van der Waals surface area contributed by atoms with E-state index in [2.05, 4.69) is 0 Å². The van der Waals surface area contributed by atoms with Crippen molar-refractivity contribution in [1.29, 1.82) is 0 Å². The number of para-hydroxylation sites is 1. The number of rotatable bonds is 5. The molecule has 0 bridgehead atoms. The number of amides is 1. The van der Waals surface area contributed by atoms with Crippen LogP contribution in [-0.4, -0.2) is 54.5 Å². The van der Waals surface area contributed by atoms with Gasteiger partial charge in [0.25, 0.3) is 5.69 Å². The number of carbonyl (C=O) groups is 1. The van der Waals surface area contributed by atoms with Crippen LogP contribution in [0.2, 0.25) is 0 Å². The number of nitro benzene ring substituents is 1. The van der Waals surface area contributed by atoms with Crippen molar-refractivity contribution in [3.63, 3.8) is 0 Å². The zero-order valence-corrected chi connectivity index (χ0v) is 18.7. The van der Waals surface area contributed by atoms with Gasteiger partial charge in [0.1, 0.15) is 11.4 Å². The van der Waals surface area contributed by atoms with Gasteiger partial charge in [0, 0.05) is 20.2 Å². The Morgan fingerprint density at radius 3 is 2.42 bits per heavy atom. The third-order valence-corrected chi connectivity index (χ3v) is 4.84. The average molecular weight is 465 g/mol.